The molecule has 2 nitrogen and oxygen atoms in total. The second-order valence-electron chi connectivity index (χ2n) is 6.71. The molecule has 0 fully saturated rings. The molecule has 2 aromatic carbocycles. The fourth-order valence-corrected chi connectivity index (χ4v) is 3.68. The minimum absolute atomic E-state index is 0.0520. The van der Waals surface area contributed by atoms with Gasteiger partial charge in [-0.3, -0.25) is 4.79 Å². The lowest BCUT2D eigenvalue weighted by Gasteiger charge is -2.19. The van der Waals surface area contributed by atoms with Gasteiger partial charge in [-0.25, -0.2) is 0 Å². The number of rotatable bonds is 5. The van der Waals surface area contributed by atoms with E-state index in [0.29, 0.717) is 5.92 Å². The van der Waals surface area contributed by atoms with Gasteiger partial charge in [0.05, 0.1) is 5.25 Å². The first kappa shape index (κ1) is 18.6. The molecule has 0 aliphatic heterocycles. The van der Waals surface area contributed by atoms with E-state index in [1.54, 1.807) is 11.8 Å². The zero-order valence-corrected chi connectivity index (χ0v) is 16.3. The van der Waals surface area contributed by atoms with Crippen molar-refractivity contribution in [1.82, 2.24) is 0 Å². The Bertz CT molecular complexity index is 737. The highest BCUT2D eigenvalue weighted by Gasteiger charge is 2.18. The van der Waals surface area contributed by atoms with Crippen LogP contribution in [0.3, 0.4) is 0 Å². The van der Waals surface area contributed by atoms with Gasteiger partial charge < -0.3 is 5.32 Å². The predicted octanol–water partition coefficient (Wildman–Crippen LogP) is 5.85. The van der Waals surface area contributed by atoms with Crippen molar-refractivity contribution in [3.8, 4) is 0 Å². The molecule has 2 rings (SSSR count). The molecule has 0 heterocycles. The molecular weight excluding hydrogens is 314 g/mol. The van der Waals surface area contributed by atoms with Crippen molar-refractivity contribution in [2.45, 2.75) is 57.6 Å². The van der Waals surface area contributed by atoms with Crippen molar-refractivity contribution in [3.63, 3.8) is 0 Å². The Morgan fingerprint density at radius 2 is 1.71 bits per heavy atom. The Kier molecular flexibility index (Phi) is 6.11. The number of carbonyl (C=O) groups is 1. The fourth-order valence-electron chi connectivity index (χ4n) is 2.74. The highest BCUT2D eigenvalue weighted by Crippen LogP contribution is 2.31. The lowest BCUT2D eigenvalue weighted by molar-refractivity contribution is -0.115. The van der Waals surface area contributed by atoms with Gasteiger partial charge in [0.1, 0.15) is 0 Å². The van der Waals surface area contributed by atoms with Gasteiger partial charge in [0.25, 0.3) is 0 Å². The number of benzene rings is 2. The monoisotopic (exact) mass is 341 g/mol. The van der Waals surface area contributed by atoms with Crippen LogP contribution < -0.4 is 5.32 Å². The summed E-state index contributed by atoms with van der Waals surface area (Å²) in [5.74, 6) is 0.429. The average Bonchev–Trinajstić information content (AvgIpc) is 2.51. The molecule has 0 aromatic heterocycles. The van der Waals surface area contributed by atoms with Gasteiger partial charge in [0, 0.05) is 10.6 Å². The van der Waals surface area contributed by atoms with E-state index in [1.165, 1.54) is 16.7 Å². The lowest BCUT2D eigenvalue weighted by atomic mass is 9.98. The Morgan fingerprint density at radius 1 is 1.00 bits per heavy atom. The maximum absolute atomic E-state index is 12.7. The van der Waals surface area contributed by atoms with Crippen molar-refractivity contribution in [2.24, 2.45) is 0 Å². The molecule has 1 amide bonds. The van der Waals surface area contributed by atoms with Crippen molar-refractivity contribution in [2.75, 3.05) is 5.32 Å². The van der Waals surface area contributed by atoms with Crippen LogP contribution in [0.2, 0.25) is 0 Å². The number of nitrogens with one attached hydrogen (secondary N) is 1. The predicted molar refractivity (Wildman–Crippen MR) is 105 cm³/mol. The first-order valence-electron chi connectivity index (χ1n) is 8.44. The first-order valence-corrected chi connectivity index (χ1v) is 9.32. The lowest BCUT2D eigenvalue weighted by Crippen LogP contribution is -2.23. The Balaban J connectivity index is 2.15. The summed E-state index contributed by atoms with van der Waals surface area (Å²) in [4.78, 5) is 13.9. The van der Waals surface area contributed by atoms with E-state index in [0.717, 1.165) is 16.1 Å². The quantitative estimate of drug-likeness (QED) is 0.691. The summed E-state index contributed by atoms with van der Waals surface area (Å²) in [6, 6.07) is 12.5. The van der Waals surface area contributed by atoms with Crippen LogP contribution in [-0.2, 0) is 4.79 Å². The molecule has 0 aliphatic rings. The standard InChI is InChI=1S/C21H27NOS/c1-13(2)18-9-7-8-15(4)20(18)22-21(23)17(6)24-19-11-10-14(3)12-16(19)5/h7-13,17H,1-6H3,(H,22,23)/t17-/m0/s1. The molecule has 1 N–H and O–H groups in total. The van der Waals surface area contributed by atoms with Crippen LogP contribution in [0.4, 0.5) is 5.69 Å². The fraction of sp³-hybridized carbons (Fsp3) is 0.381. The van der Waals surface area contributed by atoms with Crippen LogP contribution in [0.25, 0.3) is 0 Å². The summed E-state index contributed by atoms with van der Waals surface area (Å²) >= 11 is 1.61. The molecule has 0 saturated carbocycles. The number of para-hydroxylation sites is 1. The van der Waals surface area contributed by atoms with Crippen LogP contribution in [-0.4, -0.2) is 11.2 Å². The van der Waals surface area contributed by atoms with Gasteiger partial charge in [-0.2, -0.15) is 0 Å². The largest absolute Gasteiger partial charge is 0.325 e. The summed E-state index contributed by atoms with van der Waals surface area (Å²) in [6.45, 7) is 12.5. The smallest absolute Gasteiger partial charge is 0.237 e. The van der Waals surface area contributed by atoms with Crippen molar-refractivity contribution in [1.29, 1.82) is 0 Å². The van der Waals surface area contributed by atoms with Crippen LogP contribution in [0, 0.1) is 20.8 Å². The molecular formula is C21H27NOS. The molecule has 24 heavy (non-hydrogen) atoms. The third kappa shape index (κ3) is 4.41. The van der Waals surface area contributed by atoms with E-state index in [2.05, 4.69) is 57.3 Å². The zero-order valence-electron chi connectivity index (χ0n) is 15.4. The third-order valence-electron chi connectivity index (χ3n) is 4.18. The van der Waals surface area contributed by atoms with Crippen molar-refractivity contribution >= 4 is 23.4 Å². The van der Waals surface area contributed by atoms with E-state index in [9.17, 15) is 4.79 Å². The number of thioether (sulfide) groups is 1. The van der Waals surface area contributed by atoms with E-state index in [1.807, 2.05) is 26.0 Å². The SMILES string of the molecule is Cc1ccc(S[C@@H](C)C(=O)Nc2c(C)cccc2C(C)C)c(C)c1. The summed E-state index contributed by atoms with van der Waals surface area (Å²) in [5.41, 5.74) is 5.73. The molecule has 2 aromatic rings. The molecule has 0 saturated heterocycles. The van der Waals surface area contributed by atoms with Gasteiger partial charge in [-0.05, 0) is 56.4 Å². The summed E-state index contributed by atoms with van der Waals surface area (Å²) in [7, 11) is 0. The van der Waals surface area contributed by atoms with E-state index in [4.69, 9.17) is 0 Å². The molecule has 0 unspecified atom stereocenters. The normalized spacial score (nSPS) is 12.3. The Morgan fingerprint density at radius 3 is 2.33 bits per heavy atom. The molecule has 0 aliphatic carbocycles. The topological polar surface area (TPSA) is 29.1 Å². The number of carbonyl (C=O) groups excluding carboxylic acids is 1. The minimum Gasteiger partial charge on any atom is -0.325 e. The van der Waals surface area contributed by atoms with Gasteiger partial charge >= 0.3 is 0 Å². The Hall–Kier alpha value is -1.74. The summed E-state index contributed by atoms with van der Waals surface area (Å²) < 4.78 is 0. The molecule has 3 heteroatoms. The van der Waals surface area contributed by atoms with Gasteiger partial charge in [0.2, 0.25) is 5.91 Å². The highest BCUT2D eigenvalue weighted by molar-refractivity contribution is 8.00. The third-order valence-corrected chi connectivity index (χ3v) is 5.46. The molecule has 0 radical (unpaired) electrons. The number of aryl methyl sites for hydroxylation is 3. The second kappa shape index (κ2) is 7.89. The minimum atomic E-state index is -0.147. The van der Waals surface area contributed by atoms with Crippen LogP contribution in [0.15, 0.2) is 41.3 Å². The van der Waals surface area contributed by atoms with Crippen molar-refractivity contribution < 1.29 is 4.79 Å². The van der Waals surface area contributed by atoms with Gasteiger partial charge in [0.15, 0.2) is 0 Å². The molecule has 1 atom stereocenters. The molecule has 0 bridgehead atoms. The van der Waals surface area contributed by atoms with Crippen LogP contribution in [0.5, 0.6) is 0 Å². The maximum Gasteiger partial charge on any atom is 0.237 e. The van der Waals surface area contributed by atoms with Crippen molar-refractivity contribution in [3.05, 3.63) is 58.7 Å². The highest BCUT2D eigenvalue weighted by atomic mass is 32.2. The van der Waals surface area contributed by atoms with Crippen LogP contribution >= 0.6 is 11.8 Å². The van der Waals surface area contributed by atoms with E-state index >= 15 is 0 Å². The van der Waals surface area contributed by atoms with Gasteiger partial charge in [-0.1, -0.05) is 49.7 Å². The number of hydrogen-bond donors (Lipinski definition) is 1. The number of amides is 1. The first-order chi connectivity index (χ1) is 11.3. The molecule has 128 valence electrons. The van der Waals surface area contributed by atoms with Crippen LogP contribution in [0.1, 0.15) is 48.9 Å². The number of hydrogen-bond acceptors (Lipinski definition) is 2. The molecule has 0 spiro atoms. The summed E-state index contributed by atoms with van der Waals surface area (Å²) in [6.07, 6.45) is 0. The van der Waals surface area contributed by atoms with E-state index in [-0.39, 0.29) is 11.2 Å². The zero-order chi connectivity index (χ0) is 17.9. The Labute approximate surface area is 150 Å². The van der Waals surface area contributed by atoms with E-state index < -0.39 is 0 Å². The second-order valence-corrected chi connectivity index (χ2v) is 8.09. The summed E-state index contributed by atoms with van der Waals surface area (Å²) in [5, 5.41) is 3.00. The maximum atomic E-state index is 12.7. The average molecular weight is 342 g/mol. The number of anilines is 1. The van der Waals surface area contributed by atoms with Gasteiger partial charge in [-0.15, -0.1) is 11.8 Å².